The standard InChI is InChI=1S/C24H25Cl2NO2.ClH/c1-3-28-23-13-19(14-27-15-20-6-4-5-7-21(20)25)12-22(26)24(23)29-16-18-10-8-17(2)9-11-18;/h4-13,27H,3,14-16H2,1-2H3;1H. The molecule has 0 aromatic heterocycles. The predicted molar refractivity (Wildman–Crippen MR) is 127 cm³/mol. The maximum atomic E-state index is 6.53. The second-order valence-electron chi connectivity index (χ2n) is 6.81. The van der Waals surface area contributed by atoms with Gasteiger partial charge in [-0.2, -0.15) is 0 Å². The molecular formula is C24H26Cl3NO2. The van der Waals surface area contributed by atoms with Crippen LogP contribution in [0.5, 0.6) is 11.5 Å². The summed E-state index contributed by atoms with van der Waals surface area (Å²) in [6.07, 6.45) is 0. The van der Waals surface area contributed by atoms with Gasteiger partial charge in [0.1, 0.15) is 6.61 Å². The van der Waals surface area contributed by atoms with E-state index in [0.29, 0.717) is 42.8 Å². The Bertz CT molecular complexity index is 946. The molecule has 30 heavy (non-hydrogen) atoms. The van der Waals surface area contributed by atoms with Gasteiger partial charge >= 0.3 is 0 Å². The van der Waals surface area contributed by atoms with Crippen molar-refractivity contribution in [3.05, 3.63) is 93.0 Å². The highest BCUT2D eigenvalue weighted by Crippen LogP contribution is 2.37. The lowest BCUT2D eigenvalue weighted by Crippen LogP contribution is -2.13. The summed E-state index contributed by atoms with van der Waals surface area (Å²) in [5.41, 5.74) is 4.38. The lowest BCUT2D eigenvalue weighted by molar-refractivity contribution is 0.269. The molecule has 0 amide bonds. The van der Waals surface area contributed by atoms with Crippen LogP contribution in [0.4, 0.5) is 0 Å². The summed E-state index contributed by atoms with van der Waals surface area (Å²) < 4.78 is 11.8. The quantitative estimate of drug-likeness (QED) is 0.368. The number of halogens is 3. The van der Waals surface area contributed by atoms with Gasteiger partial charge in [-0.3, -0.25) is 0 Å². The molecule has 0 saturated heterocycles. The molecule has 6 heteroatoms. The Kier molecular flexibility index (Phi) is 9.80. The van der Waals surface area contributed by atoms with Crippen molar-refractivity contribution in [2.24, 2.45) is 0 Å². The third-order valence-electron chi connectivity index (χ3n) is 4.48. The molecule has 0 aliphatic carbocycles. The van der Waals surface area contributed by atoms with Crippen molar-refractivity contribution in [2.45, 2.75) is 33.5 Å². The van der Waals surface area contributed by atoms with Gasteiger partial charge in [0.25, 0.3) is 0 Å². The number of hydrogen-bond donors (Lipinski definition) is 1. The lowest BCUT2D eigenvalue weighted by Gasteiger charge is -2.16. The highest BCUT2D eigenvalue weighted by atomic mass is 35.5. The van der Waals surface area contributed by atoms with Crippen LogP contribution in [0.25, 0.3) is 0 Å². The molecule has 0 saturated carbocycles. The molecule has 3 aromatic carbocycles. The SMILES string of the molecule is CCOc1cc(CNCc2ccccc2Cl)cc(Cl)c1OCc1ccc(C)cc1.Cl. The molecule has 3 nitrogen and oxygen atoms in total. The van der Waals surface area contributed by atoms with Crippen LogP contribution < -0.4 is 14.8 Å². The maximum Gasteiger partial charge on any atom is 0.180 e. The Hall–Kier alpha value is -1.91. The van der Waals surface area contributed by atoms with Gasteiger partial charge in [-0.1, -0.05) is 71.2 Å². The number of ether oxygens (including phenoxy) is 2. The number of benzene rings is 3. The van der Waals surface area contributed by atoms with E-state index >= 15 is 0 Å². The van der Waals surface area contributed by atoms with Crippen LogP contribution in [0.2, 0.25) is 10.0 Å². The molecule has 0 aliphatic rings. The van der Waals surface area contributed by atoms with E-state index < -0.39 is 0 Å². The molecule has 0 atom stereocenters. The summed E-state index contributed by atoms with van der Waals surface area (Å²) in [6.45, 7) is 6.29. The maximum absolute atomic E-state index is 6.53. The third kappa shape index (κ3) is 6.82. The second-order valence-corrected chi connectivity index (χ2v) is 7.62. The summed E-state index contributed by atoms with van der Waals surface area (Å²) >= 11 is 12.7. The Morgan fingerprint density at radius 3 is 2.27 bits per heavy atom. The zero-order valence-electron chi connectivity index (χ0n) is 17.1. The zero-order chi connectivity index (χ0) is 20.6. The van der Waals surface area contributed by atoms with E-state index in [0.717, 1.165) is 21.7 Å². The van der Waals surface area contributed by atoms with E-state index in [4.69, 9.17) is 32.7 Å². The van der Waals surface area contributed by atoms with E-state index in [9.17, 15) is 0 Å². The van der Waals surface area contributed by atoms with Crippen LogP contribution >= 0.6 is 35.6 Å². The van der Waals surface area contributed by atoms with Gasteiger partial charge in [0, 0.05) is 18.1 Å². The fraction of sp³-hybridized carbons (Fsp3) is 0.250. The average Bonchev–Trinajstić information content (AvgIpc) is 2.70. The number of hydrogen-bond acceptors (Lipinski definition) is 3. The molecule has 0 unspecified atom stereocenters. The van der Waals surface area contributed by atoms with Gasteiger partial charge in [-0.15, -0.1) is 12.4 Å². The molecule has 0 heterocycles. The largest absolute Gasteiger partial charge is 0.490 e. The molecule has 0 radical (unpaired) electrons. The Labute approximate surface area is 194 Å². The number of aryl methyl sites for hydroxylation is 1. The van der Waals surface area contributed by atoms with Gasteiger partial charge in [0.15, 0.2) is 11.5 Å². The van der Waals surface area contributed by atoms with Crippen LogP contribution in [0.1, 0.15) is 29.2 Å². The Balaban J connectivity index is 0.00000320. The van der Waals surface area contributed by atoms with Crippen molar-refractivity contribution in [1.29, 1.82) is 0 Å². The van der Waals surface area contributed by atoms with Gasteiger partial charge in [-0.05, 0) is 48.7 Å². The third-order valence-corrected chi connectivity index (χ3v) is 5.12. The van der Waals surface area contributed by atoms with Crippen LogP contribution in [0.15, 0.2) is 60.7 Å². The van der Waals surface area contributed by atoms with Crippen LogP contribution in [0.3, 0.4) is 0 Å². The molecule has 0 aliphatic heterocycles. The average molecular weight is 467 g/mol. The molecule has 3 rings (SSSR count). The first-order valence-electron chi connectivity index (χ1n) is 9.64. The first-order chi connectivity index (χ1) is 14.1. The minimum Gasteiger partial charge on any atom is -0.490 e. The molecule has 160 valence electrons. The normalized spacial score (nSPS) is 10.4. The smallest absolute Gasteiger partial charge is 0.180 e. The molecule has 3 aromatic rings. The van der Waals surface area contributed by atoms with Crippen molar-refractivity contribution < 1.29 is 9.47 Å². The van der Waals surface area contributed by atoms with E-state index in [2.05, 4.69) is 36.5 Å². The second kappa shape index (κ2) is 12.1. The number of nitrogens with one attached hydrogen (secondary N) is 1. The first-order valence-corrected chi connectivity index (χ1v) is 10.4. The van der Waals surface area contributed by atoms with Crippen molar-refractivity contribution in [3.63, 3.8) is 0 Å². The minimum atomic E-state index is 0. The number of rotatable bonds is 9. The monoisotopic (exact) mass is 465 g/mol. The van der Waals surface area contributed by atoms with Crippen LogP contribution in [-0.2, 0) is 19.7 Å². The van der Waals surface area contributed by atoms with E-state index in [-0.39, 0.29) is 12.4 Å². The summed E-state index contributed by atoms with van der Waals surface area (Å²) in [5, 5.41) is 4.70. The van der Waals surface area contributed by atoms with Crippen molar-refractivity contribution in [1.82, 2.24) is 5.32 Å². The predicted octanol–water partition coefficient (Wildman–Crippen LogP) is 6.99. The van der Waals surface area contributed by atoms with Gasteiger partial charge in [0.2, 0.25) is 0 Å². The van der Waals surface area contributed by atoms with E-state index in [1.165, 1.54) is 5.56 Å². The molecule has 0 spiro atoms. The molecular weight excluding hydrogens is 441 g/mol. The minimum absolute atomic E-state index is 0. The summed E-state index contributed by atoms with van der Waals surface area (Å²) in [4.78, 5) is 0. The van der Waals surface area contributed by atoms with E-state index in [1.54, 1.807) is 0 Å². The van der Waals surface area contributed by atoms with Crippen molar-refractivity contribution >= 4 is 35.6 Å². The van der Waals surface area contributed by atoms with Crippen LogP contribution in [0, 0.1) is 6.92 Å². The lowest BCUT2D eigenvalue weighted by atomic mass is 10.1. The topological polar surface area (TPSA) is 30.5 Å². The van der Waals surface area contributed by atoms with Gasteiger partial charge in [-0.25, -0.2) is 0 Å². The van der Waals surface area contributed by atoms with E-state index in [1.807, 2.05) is 43.3 Å². The van der Waals surface area contributed by atoms with Crippen LogP contribution in [-0.4, -0.2) is 6.61 Å². The molecule has 1 N–H and O–H groups in total. The van der Waals surface area contributed by atoms with Gasteiger partial charge < -0.3 is 14.8 Å². The first kappa shape index (κ1) is 24.4. The Morgan fingerprint density at radius 2 is 1.57 bits per heavy atom. The van der Waals surface area contributed by atoms with Gasteiger partial charge in [0.05, 0.1) is 11.6 Å². The van der Waals surface area contributed by atoms with Crippen molar-refractivity contribution in [3.8, 4) is 11.5 Å². The summed E-state index contributed by atoms with van der Waals surface area (Å²) in [5.74, 6) is 1.23. The summed E-state index contributed by atoms with van der Waals surface area (Å²) in [7, 11) is 0. The molecule has 0 fully saturated rings. The fourth-order valence-electron chi connectivity index (χ4n) is 2.95. The highest BCUT2D eigenvalue weighted by molar-refractivity contribution is 6.32. The highest BCUT2D eigenvalue weighted by Gasteiger charge is 2.13. The fourth-order valence-corrected chi connectivity index (χ4v) is 3.44. The molecule has 0 bridgehead atoms. The Morgan fingerprint density at radius 1 is 0.833 bits per heavy atom. The summed E-state index contributed by atoms with van der Waals surface area (Å²) in [6, 6.07) is 19.9. The van der Waals surface area contributed by atoms with Crippen molar-refractivity contribution in [2.75, 3.05) is 6.61 Å². The zero-order valence-corrected chi connectivity index (χ0v) is 19.4.